The molecular weight excluding hydrogens is 291 g/mol. The van der Waals surface area contributed by atoms with Gasteiger partial charge in [0.1, 0.15) is 5.82 Å². The molecule has 1 aliphatic carbocycles. The van der Waals surface area contributed by atoms with Gasteiger partial charge in [0.25, 0.3) is 5.91 Å². The molecule has 1 amide bonds. The number of nitrogens with zero attached hydrogens (tertiary/aromatic N) is 1. The van der Waals surface area contributed by atoms with Crippen LogP contribution in [0.3, 0.4) is 0 Å². The number of hydrogen-bond donors (Lipinski definition) is 1. The summed E-state index contributed by atoms with van der Waals surface area (Å²) < 4.78 is 12.8. The van der Waals surface area contributed by atoms with Crippen LogP contribution in [0.2, 0.25) is 0 Å². The Balaban J connectivity index is 1.54. The molecule has 1 aliphatic rings. The van der Waals surface area contributed by atoms with Crippen molar-refractivity contribution in [1.29, 1.82) is 0 Å². The minimum Gasteiger partial charge on any atom is -0.267 e. The Kier molecular flexibility index (Phi) is 4.81. The predicted octanol–water partition coefficient (Wildman–Crippen LogP) is 4.27. The van der Waals surface area contributed by atoms with Gasteiger partial charge in [-0.25, -0.2) is 9.82 Å². The first-order valence-corrected chi connectivity index (χ1v) is 7.88. The summed E-state index contributed by atoms with van der Waals surface area (Å²) in [4.78, 5) is 11.9. The zero-order valence-corrected chi connectivity index (χ0v) is 12.8. The molecular formula is C19H19FN2O. The van der Waals surface area contributed by atoms with Crippen LogP contribution in [0.1, 0.15) is 47.5 Å². The fourth-order valence-corrected chi connectivity index (χ4v) is 2.92. The third-order valence-corrected chi connectivity index (χ3v) is 4.26. The van der Waals surface area contributed by atoms with E-state index in [0.29, 0.717) is 11.5 Å². The number of carbonyl (C=O) groups excluding carboxylic acids is 1. The van der Waals surface area contributed by atoms with Gasteiger partial charge in [0, 0.05) is 11.3 Å². The van der Waals surface area contributed by atoms with Gasteiger partial charge >= 0.3 is 0 Å². The van der Waals surface area contributed by atoms with Gasteiger partial charge in [0.05, 0.1) is 0 Å². The van der Waals surface area contributed by atoms with Crippen LogP contribution in [0.5, 0.6) is 0 Å². The second-order valence-corrected chi connectivity index (χ2v) is 5.81. The molecule has 2 aromatic rings. The van der Waals surface area contributed by atoms with Crippen molar-refractivity contribution in [2.24, 2.45) is 5.10 Å². The fourth-order valence-electron chi connectivity index (χ4n) is 2.92. The van der Waals surface area contributed by atoms with Crippen molar-refractivity contribution in [2.75, 3.05) is 0 Å². The first kappa shape index (κ1) is 15.4. The molecule has 1 saturated carbocycles. The summed E-state index contributed by atoms with van der Waals surface area (Å²) in [6.45, 7) is 0. The van der Waals surface area contributed by atoms with Crippen molar-refractivity contribution in [3.8, 4) is 0 Å². The smallest absolute Gasteiger partial charge is 0.267 e. The summed E-state index contributed by atoms with van der Waals surface area (Å²) in [6, 6.07) is 16.0. The molecule has 0 heterocycles. The summed E-state index contributed by atoms with van der Waals surface area (Å²) in [6.07, 6.45) is 3.89. The second-order valence-electron chi connectivity index (χ2n) is 5.81. The Hall–Kier alpha value is -2.49. The van der Waals surface area contributed by atoms with E-state index in [0.717, 1.165) is 31.4 Å². The standard InChI is InChI=1S/C19H19FN2O/c20-17-10-6-16(7-11-17)19(23)22-21-18-12-8-15(9-13-18)14-4-2-1-3-5-14/h1-7,10-11,15H,8-9,12-13H2,(H,22,23). The third kappa shape index (κ3) is 4.03. The predicted molar refractivity (Wildman–Crippen MR) is 89.0 cm³/mol. The molecule has 0 aromatic heterocycles. The number of hydrazone groups is 1. The maximum absolute atomic E-state index is 12.8. The molecule has 4 heteroatoms. The van der Waals surface area contributed by atoms with E-state index in [1.54, 1.807) is 0 Å². The normalized spacial score (nSPS) is 17.6. The van der Waals surface area contributed by atoms with Crippen LogP contribution >= 0.6 is 0 Å². The van der Waals surface area contributed by atoms with E-state index in [-0.39, 0.29) is 11.7 Å². The number of rotatable bonds is 3. The van der Waals surface area contributed by atoms with Crippen LogP contribution in [-0.4, -0.2) is 11.6 Å². The van der Waals surface area contributed by atoms with Crippen molar-refractivity contribution < 1.29 is 9.18 Å². The zero-order chi connectivity index (χ0) is 16.1. The van der Waals surface area contributed by atoms with Gasteiger partial charge in [-0.2, -0.15) is 5.10 Å². The summed E-state index contributed by atoms with van der Waals surface area (Å²) in [7, 11) is 0. The summed E-state index contributed by atoms with van der Waals surface area (Å²) in [5.41, 5.74) is 5.38. The number of benzene rings is 2. The van der Waals surface area contributed by atoms with Crippen molar-refractivity contribution in [3.05, 3.63) is 71.5 Å². The number of halogens is 1. The number of hydrogen-bond acceptors (Lipinski definition) is 2. The average molecular weight is 310 g/mol. The first-order chi connectivity index (χ1) is 11.2. The molecule has 0 aliphatic heterocycles. The van der Waals surface area contributed by atoms with E-state index >= 15 is 0 Å². The van der Waals surface area contributed by atoms with Gasteiger partial charge in [-0.1, -0.05) is 30.3 Å². The molecule has 0 bridgehead atoms. The molecule has 0 spiro atoms. The van der Waals surface area contributed by atoms with Gasteiger partial charge in [0.2, 0.25) is 0 Å². The first-order valence-electron chi connectivity index (χ1n) is 7.88. The van der Waals surface area contributed by atoms with Crippen LogP contribution in [0.15, 0.2) is 59.7 Å². The highest BCUT2D eigenvalue weighted by atomic mass is 19.1. The fraction of sp³-hybridized carbons (Fsp3) is 0.263. The van der Waals surface area contributed by atoms with Crippen LogP contribution in [-0.2, 0) is 0 Å². The Morgan fingerprint density at radius 2 is 1.65 bits per heavy atom. The van der Waals surface area contributed by atoms with Crippen LogP contribution < -0.4 is 5.43 Å². The molecule has 3 nitrogen and oxygen atoms in total. The highest BCUT2D eigenvalue weighted by molar-refractivity contribution is 5.95. The molecule has 118 valence electrons. The molecule has 1 N–H and O–H groups in total. The highest BCUT2D eigenvalue weighted by Crippen LogP contribution is 2.31. The largest absolute Gasteiger partial charge is 0.271 e. The number of carbonyl (C=O) groups is 1. The Morgan fingerprint density at radius 1 is 1.00 bits per heavy atom. The molecule has 0 saturated heterocycles. The highest BCUT2D eigenvalue weighted by Gasteiger charge is 2.19. The lowest BCUT2D eigenvalue weighted by molar-refractivity contribution is 0.0954. The van der Waals surface area contributed by atoms with Gasteiger partial charge in [-0.3, -0.25) is 4.79 Å². The molecule has 3 rings (SSSR count). The van der Waals surface area contributed by atoms with Crippen molar-refractivity contribution >= 4 is 11.6 Å². The lowest BCUT2D eigenvalue weighted by Crippen LogP contribution is -2.22. The quantitative estimate of drug-likeness (QED) is 0.845. The lowest BCUT2D eigenvalue weighted by Gasteiger charge is -2.23. The minimum absolute atomic E-state index is 0.303. The van der Waals surface area contributed by atoms with Gasteiger partial charge < -0.3 is 0 Å². The lowest BCUT2D eigenvalue weighted by atomic mass is 9.83. The maximum Gasteiger partial charge on any atom is 0.271 e. The Bertz CT molecular complexity index is 685. The zero-order valence-electron chi connectivity index (χ0n) is 12.8. The monoisotopic (exact) mass is 310 g/mol. The van der Waals surface area contributed by atoms with Crippen LogP contribution in [0.4, 0.5) is 4.39 Å². The topological polar surface area (TPSA) is 41.5 Å². The molecule has 2 aromatic carbocycles. The van der Waals surface area contributed by atoms with Gasteiger partial charge in [-0.05, 0) is 61.4 Å². The summed E-state index contributed by atoms with van der Waals surface area (Å²) >= 11 is 0. The van der Waals surface area contributed by atoms with Crippen molar-refractivity contribution in [2.45, 2.75) is 31.6 Å². The minimum atomic E-state index is -0.355. The second kappa shape index (κ2) is 7.18. The number of amides is 1. The number of nitrogens with one attached hydrogen (secondary N) is 1. The molecule has 23 heavy (non-hydrogen) atoms. The van der Waals surface area contributed by atoms with E-state index in [4.69, 9.17) is 0 Å². The summed E-state index contributed by atoms with van der Waals surface area (Å²) in [5.74, 6) is -0.0854. The van der Waals surface area contributed by atoms with Gasteiger partial charge in [0.15, 0.2) is 0 Å². The van der Waals surface area contributed by atoms with E-state index in [9.17, 15) is 9.18 Å². The average Bonchev–Trinajstić information content (AvgIpc) is 2.61. The molecule has 0 atom stereocenters. The van der Waals surface area contributed by atoms with E-state index in [2.05, 4.69) is 34.8 Å². The van der Waals surface area contributed by atoms with E-state index in [1.807, 2.05) is 6.07 Å². The van der Waals surface area contributed by atoms with E-state index < -0.39 is 0 Å². The molecule has 0 radical (unpaired) electrons. The van der Waals surface area contributed by atoms with Gasteiger partial charge in [-0.15, -0.1) is 0 Å². The van der Waals surface area contributed by atoms with Crippen LogP contribution in [0.25, 0.3) is 0 Å². The molecule has 1 fully saturated rings. The van der Waals surface area contributed by atoms with Crippen molar-refractivity contribution in [1.82, 2.24) is 5.43 Å². The third-order valence-electron chi connectivity index (χ3n) is 4.26. The maximum atomic E-state index is 12.8. The molecule has 0 unspecified atom stereocenters. The van der Waals surface area contributed by atoms with E-state index in [1.165, 1.54) is 29.8 Å². The van der Waals surface area contributed by atoms with Crippen molar-refractivity contribution in [3.63, 3.8) is 0 Å². The SMILES string of the molecule is O=C(NN=C1CCC(c2ccccc2)CC1)c1ccc(F)cc1. The Labute approximate surface area is 135 Å². The summed E-state index contributed by atoms with van der Waals surface area (Å²) in [5, 5.41) is 4.23. The van der Waals surface area contributed by atoms with Crippen LogP contribution in [0, 0.1) is 5.82 Å². The Morgan fingerprint density at radius 3 is 2.30 bits per heavy atom.